The van der Waals surface area contributed by atoms with Gasteiger partial charge in [-0.15, -0.1) is 0 Å². The largest absolute Gasteiger partial charge is 0.467 e. The molecule has 3 fully saturated rings. The number of carbonyl (C=O) groups is 2. The Kier molecular flexibility index (Phi) is 2.90. The third-order valence-electron chi connectivity index (χ3n) is 4.97. The van der Waals surface area contributed by atoms with Crippen molar-refractivity contribution in [2.45, 2.75) is 22.6 Å². The van der Waals surface area contributed by atoms with Crippen LogP contribution in [0.4, 0.5) is 0 Å². The van der Waals surface area contributed by atoms with Crippen molar-refractivity contribution in [3.05, 3.63) is 24.2 Å². The van der Waals surface area contributed by atoms with E-state index in [1.165, 1.54) is 4.90 Å². The maximum Gasteiger partial charge on any atom is 0.233 e. The highest BCUT2D eigenvalue weighted by atomic mass is 79.9. The van der Waals surface area contributed by atoms with Gasteiger partial charge in [-0.25, -0.2) is 0 Å². The molecule has 1 aliphatic heterocycles. The van der Waals surface area contributed by atoms with E-state index >= 15 is 0 Å². The lowest BCUT2D eigenvalue weighted by Crippen LogP contribution is -2.37. The minimum atomic E-state index is -0.138. The molecule has 6 heteroatoms. The zero-order chi connectivity index (χ0) is 14.0. The third kappa shape index (κ3) is 1.58. The molecule has 20 heavy (non-hydrogen) atoms. The lowest BCUT2D eigenvalue weighted by atomic mass is 9.81. The Morgan fingerprint density at radius 1 is 1.15 bits per heavy atom. The van der Waals surface area contributed by atoms with Crippen LogP contribution in [-0.2, 0) is 16.1 Å². The fraction of sp³-hybridized carbons (Fsp3) is 0.571. The summed E-state index contributed by atoms with van der Waals surface area (Å²) in [4.78, 5) is 27.1. The molecule has 0 radical (unpaired) electrons. The van der Waals surface area contributed by atoms with E-state index in [1.54, 1.807) is 18.4 Å². The van der Waals surface area contributed by atoms with Gasteiger partial charge in [-0.3, -0.25) is 14.5 Å². The fourth-order valence-corrected chi connectivity index (χ4v) is 6.00. The summed E-state index contributed by atoms with van der Waals surface area (Å²) in [7, 11) is 0. The molecule has 1 saturated heterocycles. The van der Waals surface area contributed by atoms with Gasteiger partial charge in [0.2, 0.25) is 11.8 Å². The van der Waals surface area contributed by atoms with Crippen LogP contribution >= 0.6 is 31.9 Å². The van der Waals surface area contributed by atoms with E-state index in [9.17, 15) is 9.59 Å². The van der Waals surface area contributed by atoms with E-state index in [0.717, 1.165) is 6.42 Å². The molecular formula is C14H13Br2NO3. The summed E-state index contributed by atoms with van der Waals surface area (Å²) in [6, 6.07) is 3.57. The summed E-state index contributed by atoms with van der Waals surface area (Å²) < 4.78 is 5.26. The molecule has 2 saturated carbocycles. The molecule has 2 bridgehead atoms. The average molecular weight is 403 g/mol. The van der Waals surface area contributed by atoms with Gasteiger partial charge >= 0.3 is 0 Å². The van der Waals surface area contributed by atoms with E-state index < -0.39 is 0 Å². The van der Waals surface area contributed by atoms with E-state index in [4.69, 9.17) is 4.42 Å². The van der Waals surface area contributed by atoms with Crippen LogP contribution in [-0.4, -0.2) is 26.4 Å². The van der Waals surface area contributed by atoms with Crippen molar-refractivity contribution in [1.29, 1.82) is 0 Å². The van der Waals surface area contributed by atoms with Crippen molar-refractivity contribution < 1.29 is 14.0 Å². The molecule has 4 rings (SSSR count). The van der Waals surface area contributed by atoms with Crippen molar-refractivity contribution >= 4 is 43.7 Å². The van der Waals surface area contributed by atoms with E-state index in [0.29, 0.717) is 5.76 Å². The monoisotopic (exact) mass is 401 g/mol. The van der Waals surface area contributed by atoms with Crippen LogP contribution in [0.25, 0.3) is 0 Å². The van der Waals surface area contributed by atoms with Crippen LogP contribution in [0.2, 0.25) is 0 Å². The van der Waals surface area contributed by atoms with Crippen LogP contribution in [0.1, 0.15) is 12.2 Å². The number of fused-ring (bicyclic) bond motifs is 5. The number of imide groups is 1. The molecule has 6 atom stereocenters. The molecule has 0 aromatic carbocycles. The summed E-state index contributed by atoms with van der Waals surface area (Å²) in [5.74, 6) is 0.881. The molecule has 0 N–H and O–H groups in total. The summed E-state index contributed by atoms with van der Waals surface area (Å²) in [5, 5.41) is 0. The fourth-order valence-electron chi connectivity index (χ4n) is 4.12. The van der Waals surface area contributed by atoms with Gasteiger partial charge < -0.3 is 4.42 Å². The van der Waals surface area contributed by atoms with Crippen LogP contribution in [0.15, 0.2) is 22.8 Å². The van der Waals surface area contributed by atoms with Crippen LogP contribution in [0.5, 0.6) is 0 Å². The Morgan fingerprint density at radius 3 is 2.25 bits per heavy atom. The highest BCUT2D eigenvalue weighted by Crippen LogP contribution is 2.60. The van der Waals surface area contributed by atoms with Gasteiger partial charge in [0.15, 0.2) is 0 Å². The summed E-state index contributed by atoms with van der Waals surface area (Å²) in [6.45, 7) is 0.261. The van der Waals surface area contributed by atoms with Crippen molar-refractivity contribution in [1.82, 2.24) is 4.90 Å². The van der Waals surface area contributed by atoms with Crippen LogP contribution < -0.4 is 0 Å². The maximum absolute atomic E-state index is 12.6. The number of alkyl halides is 2. The number of halogens is 2. The predicted octanol–water partition coefficient (Wildman–Crippen LogP) is 2.56. The molecule has 4 nitrogen and oxygen atoms in total. The van der Waals surface area contributed by atoms with Gasteiger partial charge in [0.25, 0.3) is 0 Å². The first kappa shape index (κ1) is 13.1. The topological polar surface area (TPSA) is 50.5 Å². The number of furan rings is 1. The Labute approximate surface area is 133 Å². The van der Waals surface area contributed by atoms with Crippen molar-refractivity contribution in [2.75, 3.05) is 0 Å². The third-order valence-corrected chi connectivity index (χ3v) is 8.18. The molecule has 0 spiro atoms. The average Bonchev–Trinajstić information content (AvgIpc) is 3.15. The minimum Gasteiger partial charge on any atom is -0.467 e. The second-order valence-electron chi connectivity index (χ2n) is 5.85. The molecule has 2 amide bonds. The molecule has 0 unspecified atom stereocenters. The Hall–Kier alpha value is -0.620. The predicted molar refractivity (Wildman–Crippen MR) is 78.3 cm³/mol. The minimum absolute atomic E-state index is 0.0206. The molecule has 3 aliphatic rings. The summed E-state index contributed by atoms with van der Waals surface area (Å²) in [6.07, 6.45) is 2.53. The smallest absolute Gasteiger partial charge is 0.233 e. The van der Waals surface area contributed by atoms with Gasteiger partial charge in [-0.2, -0.15) is 0 Å². The van der Waals surface area contributed by atoms with Gasteiger partial charge in [-0.05, 0) is 30.4 Å². The Morgan fingerprint density at radius 2 is 1.75 bits per heavy atom. The quantitative estimate of drug-likeness (QED) is 0.564. The van der Waals surface area contributed by atoms with Crippen molar-refractivity contribution in [3.8, 4) is 0 Å². The zero-order valence-electron chi connectivity index (χ0n) is 10.5. The van der Waals surface area contributed by atoms with Crippen molar-refractivity contribution in [3.63, 3.8) is 0 Å². The number of likely N-dealkylation sites (tertiary alicyclic amines) is 1. The number of carbonyl (C=O) groups excluding carboxylic acids is 2. The number of hydrogen-bond acceptors (Lipinski definition) is 3. The summed E-state index contributed by atoms with van der Waals surface area (Å²) in [5.41, 5.74) is 0. The maximum atomic E-state index is 12.6. The van der Waals surface area contributed by atoms with Gasteiger partial charge in [0.05, 0.1) is 24.6 Å². The Balaban J connectivity index is 1.64. The number of nitrogens with zero attached hydrogens (tertiary/aromatic N) is 1. The normalized spacial score (nSPS) is 42.6. The van der Waals surface area contributed by atoms with E-state index in [1.807, 2.05) is 0 Å². The standard InChI is InChI=1S/C14H13Br2NO3/c15-11-7-4-8(12(11)16)10-9(7)13(18)17(14(10)19)5-6-2-1-3-20-6/h1-3,7-12H,4-5H2/t7-,8-,9-,10-,11+,12+/m1/s1. The number of rotatable bonds is 2. The van der Waals surface area contributed by atoms with Crippen LogP contribution in [0.3, 0.4) is 0 Å². The second-order valence-corrected chi connectivity index (χ2v) is 7.96. The molecule has 1 aromatic rings. The van der Waals surface area contributed by atoms with Crippen LogP contribution in [0, 0.1) is 23.7 Å². The number of hydrogen-bond donors (Lipinski definition) is 0. The second kappa shape index (κ2) is 4.44. The molecular weight excluding hydrogens is 390 g/mol. The first-order chi connectivity index (χ1) is 9.59. The first-order valence-corrected chi connectivity index (χ1v) is 8.58. The SMILES string of the molecule is O=C1[C@@H]2[C@H]3C[C@@H]([C@H](Br)[C@H]3Br)[C@H]2C(=O)N1Cc1ccco1. The number of amides is 2. The van der Waals surface area contributed by atoms with Crippen molar-refractivity contribution in [2.24, 2.45) is 23.7 Å². The van der Waals surface area contributed by atoms with Gasteiger partial charge in [0.1, 0.15) is 5.76 Å². The lowest BCUT2D eigenvalue weighted by Gasteiger charge is -2.28. The lowest BCUT2D eigenvalue weighted by molar-refractivity contribution is -0.141. The first-order valence-electron chi connectivity index (χ1n) is 6.75. The molecule has 1 aromatic heterocycles. The van der Waals surface area contributed by atoms with E-state index in [-0.39, 0.29) is 51.7 Å². The molecule has 106 valence electrons. The highest BCUT2D eigenvalue weighted by molar-refractivity contribution is 9.12. The molecule has 2 aliphatic carbocycles. The zero-order valence-corrected chi connectivity index (χ0v) is 13.7. The summed E-state index contributed by atoms with van der Waals surface area (Å²) >= 11 is 7.36. The van der Waals surface area contributed by atoms with Gasteiger partial charge in [0, 0.05) is 9.65 Å². The highest BCUT2D eigenvalue weighted by Gasteiger charge is 2.66. The molecule has 2 heterocycles. The Bertz CT molecular complexity index is 541. The van der Waals surface area contributed by atoms with Gasteiger partial charge in [-0.1, -0.05) is 31.9 Å². The van der Waals surface area contributed by atoms with E-state index in [2.05, 4.69) is 31.9 Å².